The van der Waals surface area contributed by atoms with Crippen LogP contribution in [0.2, 0.25) is 0 Å². The van der Waals surface area contributed by atoms with E-state index in [1.165, 1.54) is 18.2 Å². The van der Waals surface area contributed by atoms with Crippen LogP contribution in [0.25, 0.3) is 11.1 Å². The van der Waals surface area contributed by atoms with Crippen molar-refractivity contribution in [2.45, 2.75) is 30.5 Å². The molecule has 8 nitrogen and oxygen atoms in total. The molecule has 1 aromatic carbocycles. The molecule has 2 heterocycles. The number of non-ortho nitro benzene ring substituents is 1. The number of benzene rings is 1. The quantitative estimate of drug-likeness (QED) is 0.671. The molecule has 1 aromatic heterocycles. The zero-order chi connectivity index (χ0) is 15.7. The summed E-state index contributed by atoms with van der Waals surface area (Å²) in [6, 6.07) is 3.71. The van der Waals surface area contributed by atoms with Crippen molar-refractivity contribution in [3.63, 3.8) is 0 Å². The van der Waals surface area contributed by atoms with Gasteiger partial charge < -0.3 is 9.73 Å². The van der Waals surface area contributed by atoms with Crippen LogP contribution < -0.4 is 5.32 Å². The monoisotopic (exact) mass is 325 g/mol. The maximum absolute atomic E-state index is 12.4. The summed E-state index contributed by atoms with van der Waals surface area (Å²) < 4.78 is 30.0. The van der Waals surface area contributed by atoms with Crippen LogP contribution in [0.3, 0.4) is 0 Å². The zero-order valence-corrected chi connectivity index (χ0v) is 12.5. The van der Waals surface area contributed by atoms with Crippen molar-refractivity contribution in [3.8, 4) is 0 Å². The van der Waals surface area contributed by atoms with Crippen molar-refractivity contribution in [2.75, 3.05) is 12.3 Å². The largest absolute Gasteiger partial charge is 0.428 e. The number of nitro benzene ring substituents is 1. The van der Waals surface area contributed by atoms with E-state index in [9.17, 15) is 18.5 Å². The lowest BCUT2D eigenvalue weighted by atomic mass is 10.1. The van der Waals surface area contributed by atoms with E-state index in [1.807, 2.05) is 0 Å². The molecule has 9 heteroatoms. The highest BCUT2D eigenvalue weighted by atomic mass is 32.2. The van der Waals surface area contributed by atoms with Crippen molar-refractivity contribution < 1.29 is 17.8 Å². The smallest absolute Gasteiger partial charge is 0.316 e. The predicted octanol–water partition coefficient (Wildman–Crippen LogP) is 1.65. The summed E-state index contributed by atoms with van der Waals surface area (Å²) >= 11 is 0. The lowest BCUT2D eigenvalue weighted by Crippen LogP contribution is -2.39. The molecular formula is C13H15N3O5S. The first-order valence-corrected chi connectivity index (χ1v) is 8.62. The van der Waals surface area contributed by atoms with Crippen LogP contribution in [-0.2, 0) is 9.84 Å². The van der Waals surface area contributed by atoms with Crippen molar-refractivity contribution in [3.05, 3.63) is 28.3 Å². The normalized spacial score (nSPS) is 19.4. The number of hydrogen-bond donors (Lipinski definition) is 1. The summed E-state index contributed by atoms with van der Waals surface area (Å²) in [6.07, 6.45) is 2.83. The number of hydrogen-bond acceptors (Lipinski definition) is 7. The van der Waals surface area contributed by atoms with Crippen LogP contribution in [0.15, 0.2) is 27.8 Å². The van der Waals surface area contributed by atoms with Crippen molar-refractivity contribution in [1.29, 1.82) is 0 Å². The summed E-state index contributed by atoms with van der Waals surface area (Å²) in [5, 5.41) is 13.5. The number of rotatable bonds is 4. The highest BCUT2D eigenvalue weighted by Crippen LogP contribution is 2.24. The number of oxazole rings is 1. The minimum Gasteiger partial charge on any atom is -0.428 e. The maximum atomic E-state index is 12.4. The Bertz CT molecular complexity index is 808. The van der Waals surface area contributed by atoms with Gasteiger partial charge in [0.05, 0.1) is 10.7 Å². The lowest BCUT2D eigenvalue weighted by Gasteiger charge is -2.22. The number of nitrogens with one attached hydrogen (secondary N) is 1. The molecule has 118 valence electrons. The number of nitrogens with zero attached hydrogens (tertiary/aromatic N) is 2. The van der Waals surface area contributed by atoms with Crippen molar-refractivity contribution >= 4 is 26.6 Å². The summed E-state index contributed by atoms with van der Waals surface area (Å²) in [7, 11) is -3.66. The Morgan fingerprint density at radius 2 is 2.23 bits per heavy atom. The van der Waals surface area contributed by atoms with Gasteiger partial charge in [0.2, 0.25) is 9.84 Å². The van der Waals surface area contributed by atoms with Gasteiger partial charge in [-0.3, -0.25) is 10.1 Å². The molecule has 1 fully saturated rings. The third kappa shape index (κ3) is 2.95. The Kier molecular flexibility index (Phi) is 3.83. The van der Waals surface area contributed by atoms with E-state index < -0.39 is 14.8 Å². The minimum absolute atomic E-state index is 0.0814. The molecule has 3 rings (SSSR count). The van der Waals surface area contributed by atoms with Gasteiger partial charge in [-0.1, -0.05) is 6.42 Å². The Morgan fingerprint density at radius 1 is 1.41 bits per heavy atom. The van der Waals surface area contributed by atoms with E-state index >= 15 is 0 Å². The molecular weight excluding hydrogens is 310 g/mol. The van der Waals surface area contributed by atoms with Crippen LogP contribution in [0.1, 0.15) is 19.3 Å². The number of aromatic nitrogens is 1. The first-order valence-electron chi connectivity index (χ1n) is 6.97. The molecule has 0 unspecified atom stereocenters. The molecule has 22 heavy (non-hydrogen) atoms. The molecule has 1 saturated heterocycles. The molecule has 1 aliphatic rings. The van der Waals surface area contributed by atoms with Crippen LogP contribution in [0, 0.1) is 10.1 Å². The number of sulfone groups is 1. The average Bonchev–Trinajstić information content (AvgIpc) is 2.91. The van der Waals surface area contributed by atoms with Gasteiger partial charge in [-0.2, -0.15) is 4.98 Å². The molecule has 2 aromatic rings. The summed E-state index contributed by atoms with van der Waals surface area (Å²) in [6.45, 7) is 0.805. The van der Waals surface area contributed by atoms with Gasteiger partial charge in [0.15, 0.2) is 5.58 Å². The van der Waals surface area contributed by atoms with E-state index in [0.717, 1.165) is 25.8 Å². The van der Waals surface area contributed by atoms with Crippen LogP contribution in [-0.4, -0.2) is 36.7 Å². The van der Waals surface area contributed by atoms with E-state index in [-0.39, 0.29) is 33.8 Å². The van der Waals surface area contributed by atoms with Crippen LogP contribution >= 0.6 is 0 Å². The third-order valence-corrected chi connectivity index (χ3v) is 5.21. The van der Waals surface area contributed by atoms with Gasteiger partial charge in [0.1, 0.15) is 5.52 Å². The minimum atomic E-state index is -3.66. The molecule has 1 aliphatic heterocycles. The molecule has 0 amide bonds. The molecule has 1 N–H and O–H groups in total. The van der Waals surface area contributed by atoms with Crippen LogP contribution in [0.5, 0.6) is 0 Å². The molecule has 0 radical (unpaired) electrons. The van der Waals surface area contributed by atoms with Gasteiger partial charge in [0, 0.05) is 18.2 Å². The molecule has 0 spiro atoms. The summed E-state index contributed by atoms with van der Waals surface area (Å²) in [5.41, 5.74) is 0.240. The predicted molar refractivity (Wildman–Crippen MR) is 78.4 cm³/mol. The second-order valence-electron chi connectivity index (χ2n) is 5.32. The Morgan fingerprint density at radius 3 is 2.91 bits per heavy atom. The highest BCUT2D eigenvalue weighted by Gasteiger charge is 2.27. The fourth-order valence-corrected chi connectivity index (χ4v) is 3.95. The molecule has 0 aliphatic carbocycles. The van der Waals surface area contributed by atoms with E-state index in [0.29, 0.717) is 0 Å². The maximum Gasteiger partial charge on any atom is 0.316 e. The second kappa shape index (κ2) is 5.65. The van der Waals surface area contributed by atoms with E-state index in [4.69, 9.17) is 4.42 Å². The van der Waals surface area contributed by atoms with Gasteiger partial charge in [-0.05, 0) is 25.5 Å². The van der Waals surface area contributed by atoms with E-state index in [2.05, 4.69) is 10.3 Å². The highest BCUT2D eigenvalue weighted by molar-refractivity contribution is 7.91. The Balaban J connectivity index is 1.89. The SMILES string of the molecule is O=[N+]([O-])c1ccc2oc(S(=O)(=O)C[C@@H]3CCCCN3)nc2c1. The topological polar surface area (TPSA) is 115 Å². The van der Waals surface area contributed by atoms with Gasteiger partial charge >= 0.3 is 5.22 Å². The van der Waals surface area contributed by atoms with Crippen LogP contribution in [0.4, 0.5) is 5.69 Å². The first kappa shape index (κ1) is 14.9. The van der Waals surface area contributed by atoms with Crippen molar-refractivity contribution in [1.82, 2.24) is 10.3 Å². The Labute approximate surface area is 126 Å². The standard InChI is InChI=1S/C13H15N3O5S/c17-16(18)10-4-5-12-11(7-10)15-13(21-12)22(19,20)8-9-3-1-2-6-14-9/h4-5,7,9,14H,1-3,6,8H2/t9-/m0/s1. The fraction of sp³-hybridized carbons (Fsp3) is 0.462. The number of piperidine rings is 1. The average molecular weight is 325 g/mol. The molecule has 1 atom stereocenters. The fourth-order valence-electron chi connectivity index (χ4n) is 2.54. The first-order chi connectivity index (χ1) is 10.5. The second-order valence-corrected chi connectivity index (χ2v) is 7.23. The Hall–Kier alpha value is -2.00. The molecule has 0 bridgehead atoms. The third-order valence-electron chi connectivity index (χ3n) is 3.66. The lowest BCUT2D eigenvalue weighted by molar-refractivity contribution is -0.384. The van der Waals surface area contributed by atoms with E-state index in [1.54, 1.807) is 0 Å². The summed E-state index contributed by atoms with van der Waals surface area (Å²) in [5.74, 6) is -0.0814. The zero-order valence-electron chi connectivity index (χ0n) is 11.7. The van der Waals surface area contributed by atoms with Gasteiger partial charge in [0.25, 0.3) is 5.69 Å². The molecule has 0 saturated carbocycles. The number of nitro groups is 1. The summed E-state index contributed by atoms with van der Waals surface area (Å²) in [4.78, 5) is 14.1. The van der Waals surface area contributed by atoms with Gasteiger partial charge in [-0.25, -0.2) is 8.42 Å². The number of fused-ring (bicyclic) bond motifs is 1. The van der Waals surface area contributed by atoms with Gasteiger partial charge in [-0.15, -0.1) is 0 Å². The van der Waals surface area contributed by atoms with Crippen molar-refractivity contribution in [2.24, 2.45) is 0 Å².